The monoisotopic (exact) mass is 311 g/mol. The molecule has 0 bridgehead atoms. The Labute approximate surface area is 125 Å². The summed E-state index contributed by atoms with van der Waals surface area (Å²) < 4.78 is 26.1. The second-order valence-corrected chi connectivity index (χ2v) is 4.88. The molecule has 1 aromatic carbocycles. The lowest BCUT2D eigenvalue weighted by molar-refractivity contribution is -0.126. The molecule has 2 rings (SSSR count). The van der Waals surface area contributed by atoms with Gasteiger partial charge in [0.2, 0.25) is 11.8 Å². The number of benzene rings is 1. The van der Waals surface area contributed by atoms with Crippen LogP contribution in [0.5, 0.6) is 0 Å². The van der Waals surface area contributed by atoms with E-state index >= 15 is 0 Å². The molecule has 1 heterocycles. The lowest BCUT2D eigenvalue weighted by Crippen LogP contribution is -2.38. The molecule has 1 aliphatic rings. The highest BCUT2D eigenvalue weighted by Gasteiger charge is 2.27. The molecule has 0 saturated carbocycles. The molecule has 1 aliphatic heterocycles. The van der Waals surface area contributed by atoms with Crippen LogP contribution < -0.4 is 16.0 Å². The van der Waals surface area contributed by atoms with E-state index in [1.54, 1.807) is 0 Å². The number of carbonyl (C=O) groups excluding carboxylic acids is 3. The van der Waals surface area contributed by atoms with Crippen LogP contribution in [-0.4, -0.2) is 37.4 Å². The topological polar surface area (TPSA) is 87.3 Å². The summed E-state index contributed by atoms with van der Waals surface area (Å²) >= 11 is 0. The molecule has 0 aliphatic carbocycles. The van der Waals surface area contributed by atoms with Crippen LogP contribution >= 0.6 is 0 Å². The Bertz CT molecular complexity index is 607. The van der Waals surface area contributed by atoms with Crippen LogP contribution in [0, 0.1) is 17.6 Å². The second kappa shape index (κ2) is 6.97. The maximum atomic E-state index is 13.4. The van der Waals surface area contributed by atoms with Gasteiger partial charge in [-0.05, 0) is 12.1 Å². The number of rotatable bonds is 5. The first kappa shape index (κ1) is 15.9. The Morgan fingerprint density at radius 1 is 1.23 bits per heavy atom. The smallest absolute Gasteiger partial charge is 0.254 e. The highest BCUT2D eigenvalue weighted by Crippen LogP contribution is 2.09. The zero-order valence-corrected chi connectivity index (χ0v) is 11.6. The lowest BCUT2D eigenvalue weighted by Gasteiger charge is -2.10. The number of hydrogen-bond donors (Lipinski definition) is 3. The van der Waals surface area contributed by atoms with Crippen LogP contribution in [-0.2, 0) is 9.59 Å². The first-order valence-corrected chi connectivity index (χ1v) is 6.75. The molecule has 0 aromatic heterocycles. The van der Waals surface area contributed by atoms with E-state index in [9.17, 15) is 23.2 Å². The summed E-state index contributed by atoms with van der Waals surface area (Å²) in [6, 6.07) is 2.67. The van der Waals surface area contributed by atoms with Crippen molar-refractivity contribution in [3.8, 4) is 0 Å². The highest BCUT2D eigenvalue weighted by atomic mass is 19.1. The second-order valence-electron chi connectivity index (χ2n) is 4.88. The van der Waals surface area contributed by atoms with Crippen molar-refractivity contribution in [3.63, 3.8) is 0 Å². The van der Waals surface area contributed by atoms with Gasteiger partial charge in [-0.2, -0.15) is 0 Å². The van der Waals surface area contributed by atoms with Gasteiger partial charge in [0.25, 0.3) is 5.91 Å². The summed E-state index contributed by atoms with van der Waals surface area (Å²) in [5, 5.41) is 7.54. The van der Waals surface area contributed by atoms with Crippen molar-refractivity contribution in [2.75, 3.05) is 19.6 Å². The van der Waals surface area contributed by atoms with Gasteiger partial charge in [-0.25, -0.2) is 8.78 Å². The fraction of sp³-hybridized carbons (Fsp3) is 0.357. The first-order valence-electron chi connectivity index (χ1n) is 6.75. The van der Waals surface area contributed by atoms with Crippen LogP contribution in [0.3, 0.4) is 0 Å². The maximum absolute atomic E-state index is 13.4. The van der Waals surface area contributed by atoms with Crippen molar-refractivity contribution in [3.05, 3.63) is 35.4 Å². The van der Waals surface area contributed by atoms with Gasteiger partial charge >= 0.3 is 0 Å². The number of nitrogens with one attached hydrogen (secondary N) is 3. The van der Waals surface area contributed by atoms with Crippen LogP contribution in [0.4, 0.5) is 8.78 Å². The minimum atomic E-state index is -0.947. The number of hydrogen-bond acceptors (Lipinski definition) is 3. The Balaban J connectivity index is 1.73. The molecule has 6 nitrogen and oxygen atoms in total. The van der Waals surface area contributed by atoms with Crippen LogP contribution in [0.1, 0.15) is 16.8 Å². The van der Waals surface area contributed by atoms with Crippen molar-refractivity contribution < 1.29 is 23.2 Å². The average molecular weight is 311 g/mol. The Morgan fingerprint density at radius 2 is 1.95 bits per heavy atom. The SMILES string of the molecule is O=C1C[C@H](C(=O)NCCNC(=O)c2ccc(F)cc2F)CN1. The molecule has 118 valence electrons. The third-order valence-electron chi connectivity index (χ3n) is 3.23. The summed E-state index contributed by atoms with van der Waals surface area (Å²) in [4.78, 5) is 34.3. The molecular formula is C14H15F2N3O3. The summed E-state index contributed by atoms with van der Waals surface area (Å²) in [6.45, 7) is 0.547. The van der Waals surface area contributed by atoms with Crippen molar-refractivity contribution in [1.82, 2.24) is 16.0 Å². The lowest BCUT2D eigenvalue weighted by atomic mass is 10.1. The zero-order valence-electron chi connectivity index (χ0n) is 11.6. The van der Waals surface area contributed by atoms with Gasteiger partial charge in [0.15, 0.2) is 0 Å². The van der Waals surface area contributed by atoms with E-state index in [0.29, 0.717) is 12.6 Å². The average Bonchev–Trinajstić information content (AvgIpc) is 2.90. The molecule has 1 aromatic rings. The maximum Gasteiger partial charge on any atom is 0.254 e. The van der Waals surface area contributed by atoms with Crippen molar-refractivity contribution >= 4 is 17.7 Å². The minimum Gasteiger partial charge on any atom is -0.355 e. The summed E-state index contributed by atoms with van der Waals surface area (Å²) in [6.07, 6.45) is 0.152. The van der Waals surface area contributed by atoms with E-state index in [4.69, 9.17) is 0 Å². The molecule has 8 heteroatoms. The predicted octanol–water partition coefficient (Wildman–Crippen LogP) is -0.0531. The van der Waals surface area contributed by atoms with E-state index in [0.717, 1.165) is 12.1 Å². The fourth-order valence-electron chi connectivity index (χ4n) is 2.07. The molecule has 1 fully saturated rings. The van der Waals surface area contributed by atoms with Crippen molar-refractivity contribution in [1.29, 1.82) is 0 Å². The van der Waals surface area contributed by atoms with E-state index in [1.807, 2.05) is 0 Å². The van der Waals surface area contributed by atoms with Gasteiger partial charge in [-0.3, -0.25) is 14.4 Å². The normalized spacial score (nSPS) is 17.0. The van der Waals surface area contributed by atoms with E-state index < -0.39 is 23.5 Å². The molecular weight excluding hydrogens is 296 g/mol. The zero-order chi connectivity index (χ0) is 16.1. The Morgan fingerprint density at radius 3 is 2.59 bits per heavy atom. The highest BCUT2D eigenvalue weighted by molar-refractivity contribution is 5.94. The van der Waals surface area contributed by atoms with Gasteiger partial charge in [0, 0.05) is 32.1 Å². The third kappa shape index (κ3) is 4.00. The van der Waals surface area contributed by atoms with Crippen LogP contribution in [0.15, 0.2) is 18.2 Å². The molecule has 1 atom stereocenters. The summed E-state index contributed by atoms with van der Waals surface area (Å²) in [5.74, 6) is -3.25. The predicted molar refractivity (Wildman–Crippen MR) is 72.8 cm³/mol. The Kier molecular flexibility index (Phi) is 5.03. The number of carbonyl (C=O) groups is 3. The standard InChI is InChI=1S/C14H15F2N3O3/c15-9-1-2-10(11(16)6-9)14(22)18-4-3-17-13(21)8-5-12(20)19-7-8/h1-2,6,8H,3-5,7H2,(H,17,21)(H,18,22)(H,19,20)/t8-/m0/s1. The summed E-state index contributed by atoms with van der Waals surface area (Å²) in [5.41, 5.74) is -0.265. The molecule has 0 unspecified atom stereocenters. The van der Waals surface area contributed by atoms with Crippen molar-refractivity contribution in [2.45, 2.75) is 6.42 Å². The number of halogens is 2. The molecule has 0 spiro atoms. The largest absolute Gasteiger partial charge is 0.355 e. The molecule has 3 amide bonds. The van der Waals surface area contributed by atoms with E-state index in [-0.39, 0.29) is 36.9 Å². The van der Waals surface area contributed by atoms with Crippen LogP contribution in [0.2, 0.25) is 0 Å². The molecule has 22 heavy (non-hydrogen) atoms. The van der Waals surface area contributed by atoms with Gasteiger partial charge in [-0.15, -0.1) is 0 Å². The van der Waals surface area contributed by atoms with Crippen molar-refractivity contribution in [2.24, 2.45) is 5.92 Å². The minimum absolute atomic E-state index is 0.0927. The van der Waals surface area contributed by atoms with Crippen LogP contribution in [0.25, 0.3) is 0 Å². The fourth-order valence-corrected chi connectivity index (χ4v) is 2.07. The van der Waals surface area contributed by atoms with Gasteiger partial charge in [-0.1, -0.05) is 0 Å². The number of amides is 3. The Hall–Kier alpha value is -2.51. The third-order valence-corrected chi connectivity index (χ3v) is 3.23. The molecule has 3 N–H and O–H groups in total. The van der Waals surface area contributed by atoms with E-state index in [2.05, 4.69) is 16.0 Å². The first-order chi connectivity index (χ1) is 10.5. The van der Waals surface area contributed by atoms with Gasteiger partial charge in [0.05, 0.1) is 11.5 Å². The van der Waals surface area contributed by atoms with E-state index in [1.165, 1.54) is 0 Å². The van der Waals surface area contributed by atoms with Gasteiger partial charge in [0.1, 0.15) is 11.6 Å². The molecule has 0 radical (unpaired) electrons. The van der Waals surface area contributed by atoms with Gasteiger partial charge < -0.3 is 16.0 Å². The molecule has 1 saturated heterocycles. The quantitative estimate of drug-likeness (QED) is 0.666. The summed E-state index contributed by atoms with van der Waals surface area (Å²) in [7, 11) is 0.